The zero-order valence-electron chi connectivity index (χ0n) is 16.0. The molecule has 27 heavy (non-hydrogen) atoms. The van der Waals surface area contributed by atoms with Crippen molar-refractivity contribution in [2.24, 2.45) is 17.8 Å². The van der Waals surface area contributed by atoms with Gasteiger partial charge in [0, 0.05) is 23.5 Å². The molecule has 1 aromatic heterocycles. The van der Waals surface area contributed by atoms with E-state index < -0.39 is 0 Å². The molecule has 2 amide bonds. The van der Waals surface area contributed by atoms with Crippen LogP contribution in [0, 0.1) is 31.6 Å². The number of nitrogens with one attached hydrogen (secondary N) is 2. The number of aromatic nitrogens is 1. The first kappa shape index (κ1) is 17.8. The Labute approximate surface area is 160 Å². The summed E-state index contributed by atoms with van der Waals surface area (Å²) < 4.78 is 2.05. The van der Waals surface area contributed by atoms with Crippen LogP contribution in [0.15, 0.2) is 36.4 Å². The summed E-state index contributed by atoms with van der Waals surface area (Å²) in [6.45, 7) is 3.90. The van der Waals surface area contributed by atoms with Gasteiger partial charge in [0.15, 0.2) is 0 Å². The van der Waals surface area contributed by atoms with Gasteiger partial charge in [-0.2, -0.15) is 0 Å². The fourth-order valence-electron chi connectivity index (χ4n) is 5.08. The molecule has 3 unspecified atom stereocenters. The number of amides is 2. The number of para-hydroxylation sites is 1. The molecule has 142 valence electrons. The summed E-state index contributed by atoms with van der Waals surface area (Å²) >= 11 is 0. The molecule has 1 aromatic carbocycles. The van der Waals surface area contributed by atoms with Crippen molar-refractivity contribution >= 4 is 11.8 Å². The summed E-state index contributed by atoms with van der Waals surface area (Å²) in [5.74, 6) is 1.67. The second-order valence-electron chi connectivity index (χ2n) is 8.10. The minimum atomic E-state index is -0.272. The molecule has 2 bridgehead atoms. The third-order valence-corrected chi connectivity index (χ3v) is 6.34. The molecule has 2 aromatic rings. The van der Waals surface area contributed by atoms with E-state index in [1.165, 1.54) is 25.7 Å². The highest BCUT2D eigenvalue weighted by molar-refractivity contribution is 5.97. The van der Waals surface area contributed by atoms with E-state index >= 15 is 0 Å². The van der Waals surface area contributed by atoms with Crippen LogP contribution in [0.3, 0.4) is 0 Å². The lowest BCUT2D eigenvalue weighted by atomic mass is 9.86. The summed E-state index contributed by atoms with van der Waals surface area (Å²) in [4.78, 5) is 24.9. The van der Waals surface area contributed by atoms with E-state index in [4.69, 9.17) is 0 Å². The number of hydrogen-bond acceptors (Lipinski definition) is 2. The van der Waals surface area contributed by atoms with E-state index in [-0.39, 0.29) is 11.8 Å². The largest absolute Gasteiger partial charge is 0.318 e. The number of carbonyl (C=O) groups is 2. The molecule has 2 aliphatic carbocycles. The van der Waals surface area contributed by atoms with Gasteiger partial charge in [0.1, 0.15) is 0 Å². The molecular weight excluding hydrogens is 338 g/mol. The summed E-state index contributed by atoms with van der Waals surface area (Å²) in [5, 5.41) is 0. The van der Waals surface area contributed by atoms with Gasteiger partial charge in [0.25, 0.3) is 5.91 Å². The number of hydrogen-bond donors (Lipinski definition) is 2. The fraction of sp³-hybridized carbons (Fsp3) is 0.455. The van der Waals surface area contributed by atoms with Crippen LogP contribution in [-0.4, -0.2) is 16.4 Å². The van der Waals surface area contributed by atoms with Crippen LogP contribution in [0.2, 0.25) is 0 Å². The molecule has 4 rings (SSSR count). The van der Waals surface area contributed by atoms with Gasteiger partial charge in [-0.15, -0.1) is 0 Å². The number of rotatable bonds is 4. The Kier molecular flexibility index (Phi) is 4.77. The third kappa shape index (κ3) is 3.51. The summed E-state index contributed by atoms with van der Waals surface area (Å²) in [6, 6.07) is 11.8. The highest BCUT2D eigenvalue weighted by atomic mass is 16.2. The molecule has 0 aliphatic heterocycles. The monoisotopic (exact) mass is 365 g/mol. The summed E-state index contributed by atoms with van der Waals surface area (Å²) in [7, 11) is 0. The highest BCUT2D eigenvalue weighted by Gasteiger charge is 2.40. The predicted octanol–water partition coefficient (Wildman–Crippen LogP) is 3.68. The van der Waals surface area contributed by atoms with Crippen LogP contribution in [0.1, 0.15) is 53.8 Å². The van der Waals surface area contributed by atoms with Crippen molar-refractivity contribution in [3.8, 4) is 5.69 Å². The lowest BCUT2D eigenvalue weighted by Gasteiger charge is -2.20. The highest BCUT2D eigenvalue weighted by Crippen LogP contribution is 2.49. The predicted molar refractivity (Wildman–Crippen MR) is 104 cm³/mol. The van der Waals surface area contributed by atoms with Crippen LogP contribution >= 0.6 is 0 Å². The average Bonchev–Trinajstić information content (AvgIpc) is 3.35. The number of fused-ring (bicyclic) bond motifs is 2. The van der Waals surface area contributed by atoms with Crippen LogP contribution in [0.4, 0.5) is 0 Å². The molecular formula is C22H27N3O2. The number of nitrogens with zero attached hydrogens (tertiary/aromatic N) is 1. The van der Waals surface area contributed by atoms with Gasteiger partial charge >= 0.3 is 0 Å². The van der Waals surface area contributed by atoms with Crippen LogP contribution in [-0.2, 0) is 4.79 Å². The SMILES string of the molecule is Cc1cc(C(=O)NNC(=O)CC2CC3CCC2C3)c(C)n1-c1ccccc1. The molecule has 2 fully saturated rings. The normalized spacial score (nSPS) is 23.4. The summed E-state index contributed by atoms with van der Waals surface area (Å²) in [6.07, 6.45) is 5.57. The smallest absolute Gasteiger partial charge is 0.271 e. The van der Waals surface area contributed by atoms with Crippen molar-refractivity contribution in [1.82, 2.24) is 15.4 Å². The van der Waals surface area contributed by atoms with E-state index in [1.807, 2.05) is 54.8 Å². The Morgan fingerprint density at radius 1 is 1.07 bits per heavy atom. The molecule has 2 saturated carbocycles. The molecule has 2 aliphatic rings. The maximum atomic E-state index is 12.6. The molecule has 5 nitrogen and oxygen atoms in total. The third-order valence-electron chi connectivity index (χ3n) is 6.34. The molecule has 0 saturated heterocycles. The van der Waals surface area contributed by atoms with E-state index in [1.54, 1.807) is 0 Å². The van der Waals surface area contributed by atoms with Crippen molar-refractivity contribution in [3.63, 3.8) is 0 Å². The van der Waals surface area contributed by atoms with E-state index in [0.717, 1.165) is 23.0 Å². The fourth-order valence-corrected chi connectivity index (χ4v) is 5.08. The Bertz CT molecular complexity index is 856. The quantitative estimate of drug-likeness (QED) is 0.812. The molecule has 2 N–H and O–H groups in total. The van der Waals surface area contributed by atoms with Gasteiger partial charge in [-0.05, 0) is 69.1 Å². The molecule has 0 spiro atoms. The standard InChI is InChI=1S/C22H27N3O2/c1-14-10-20(15(2)25(14)19-6-4-3-5-7-19)22(27)24-23-21(26)13-18-12-16-8-9-17(18)11-16/h3-7,10,16-18H,8-9,11-13H2,1-2H3,(H,23,26)(H,24,27). The number of benzene rings is 1. The van der Waals surface area contributed by atoms with E-state index in [2.05, 4.69) is 10.9 Å². The first-order valence-corrected chi connectivity index (χ1v) is 9.86. The van der Waals surface area contributed by atoms with Gasteiger partial charge in [-0.1, -0.05) is 24.6 Å². The van der Waals surface area contributed by atoms with E-state index in [0.29, 0.717) is 23.8 Å². The Morgan fingerprint density at radius 3 is 2.52 bits per heavy atom. The van der Waals surface area contributed by atoms with Crippen molar-refractivity contribution in [2.75, 3.05) is 0 Å². The Hall–Kier alpha value is -2.56. The van der Waals surface area contributed by atoms with Gasteiger partial charge < -0.3 is 4.57 Å². The minimum absolute atomic E-state index is 0.0854. The topological polar surface area (TPSA) is 63.1 Å². The van der Waals surface area contributed by atoms with Crippen LogP contribution in [0.5, 0.6) is 0 Å². The first-order chi connectivity index (χ1) is 13.0. The van der Waals surface area contributed by atoms with Gasteiger partial charge in [0.2, 0.25) is 5.91 Å². The Morgan fingerprint density at radius 2 is 1.85 bits per heavy atom. The van der Waals surface area contributed by atoms with Crippen molar-refractivity contribution in [1.29, 1.82) is 0 Å². The molecule has 3 atom stereocenters. The maximum absolute atomic E-state index is 12.6. The van der Waals surface area contributed by atoms with Crippen molar-refractivity contribution < 1.29 is 9.59 Å². The number of hydrazine groups is 1. The zero-order valence-corrected chi connectivity index (χ0v) is 16.0. The van der Waals surface area contributed by atoms with Crippen molar-refractivity contribution in [2.45, 2.75) is 46.0 Å². The molecule has 5 heteroatoms. The zero-order chi connectivity index (χ0) is 19.0. The maximum Gasteiger partial charge on any atom is 0.271 e. The van der Waals surface area contributed by atoms with E-state index in [9.17, 15) is 9.59 Å². The molecule has 1 heterocycles. The van der Waals surface area contributed by atoms with Crippen LogP contribution in [0.25, 0.3) is 5.69 Å². The number of carbonyl (C=O) groups excluding carboxylic acids is 2. The Balaban J connectivity index is 1.38. The number of aryl methyl sites for hydroxylation is 1. The second-order valence-corrected chi connectivity index (χ2v) is 8.10. The lowest BCUT2D eigenvalue weighted by Crippen LogP contribution is -2.42. The second kappa shape index (κ2) is 7.22. The van der Waals surface area contributed by atoms with Gasteiger partial charge in [-0.3, -0.25) is 20.4 Å². The minimum Gasteiger partial charge on any atom is -0.318 e. The average molecular weight is 365 g/mol. The lowest BCUT2D eigenvalue weighted by molar-refractivity contribution is -0.123. The van der Waals surface area contributed by atoms with Gasteiger partial charge in [-0.25, -0.2) is 0 Å². The summed E-state index contributed by atoms with van der Waals surface area (Å²) in [5.41, 5.74) is 8.66. The first-order valence-electron chi connectivity index (χ1n) is 9.86. The van der Waals surface area contributed by atoms with Crippen molar-refractivity contribution in [3.05, 3.63) is 53.3 Å². The van der Waals surface area contributed by atoms with Crippen LogP contribution < -0.4 is 10.9 Å². The molecule has 0 radical (unpaired) electrons. The van der Waals surface area contributed by atoms with Gasteiger partial charge in [0.05, 0.1) is 5.56 Å².